The molecule has 0 bridgehead atoms. The molecule has 2 aromatic carbocycles. The number of benzene rings is 2. The summed E-state index contributed by atoms with van der Waals surface area (Å²) in [6.45, 7) is 1.91. The number of carbonyl (C=O) groups excluding carboxylic acids is 1. The molecule has 2 aromatic rings. The summed E-state index contributed by atoms with van der Waals surface area (Å²) in [5.74, 6) is -0.428. The summed E-state index contributed by atoms with van der Waals surface area (Å²) in [5.41, 5.74) is 6.95. The highest BCUT2D eigenvalue weighted by Gasteiger charge is 2.26. The fraction of sp³-hybridized carbons (Fsp3) is 0.278. The summed E-state index contributed by atoms with van der Waals surface area (Å²) in [6, 6.07) is 10.1. The van der Waals surface area contributed by atoms with Gasteiger partial charge in [-0.15, -0.1) is 0 Å². The second-order valence-electron chi connectivity index (χ2n) is 6.41. The second kappa shape index (κ2) is 7.14. The third kappa shape index (κ3) is 3.77. The number of primary sulfonamides is 1. The van der Waals surface area contributed by atoms with Crippen LogP contribution in [0.15, 0.2) is 47.4 Å². The summed E-state index contributed by atoms with van der Waals surface area (Å²) in [4.78, 5) is 14.0. The summed E-state index contributed by atoms with van der Waals surface area (Å²) >= 11 is 0. The molecule has 3 rings (SSSR count). The van der Waals surface area contributed by atoms with Gasteiger partial charge in [0.2, 0.25) is 10.0 Å². The molecule has 0 unspecified atom stereocenters. The van der Waals surface area contributed by atoms with E-state index in [1.807, 2.05) is 0 Å². The van der Waals surface area contributed by atoms with Crippen molar-refractivity contribution < 1.29 is 17.6 Å². The zero-order valence-electron chi connectivity index (χ0n) is 14.1. The predicted octanol–water partition coefficient (Wildman–Crippen LogP) is 1.56. The van der Waals surface area contributed by atoms with Crippen molar-refractivity contribution in [3.05, 3.63) is 53.8 Å². The Labute approximate surface area is 151 Å². The predicted molar refractivity (Wildman–Crippen MR) is 96.3 cm³/mol. The minimum absolute atomic E-state index is 0.0717. The molecule has 1 heterocycles. The molecule has 1 atom stereocenters. The fourth-order valence-electron chi connectivity index (χ4n) is 3.09. The molecule has 0 spiro atoms. The van der Waals surface area contributed by atoms with E-state index in [1.165, 1.54) is 12.1 Å². The Hall–Kier alpha value is -2.29. The van der Waals surface area contributed by atoms with Crippen molar-refractivity contribution in [2.75, 3.05) is 19.6 Å². The van der Waals surface area contributed by atoms with Crippen molar-refractivity contribution in [2.45, 2.75) is 11.3 Å². The molecule has 138 valence electrons. The fourth-order valence-corrected chi connectivity index (χ4v) is 3.62. The molecule has 1 amide bonds. The Morgan fingerprint density at radius 2 is 1.88 bits per heavy atom. The van der Waals surface area contributed by atoms with Crippen LogP contribution in [0.25, 0.3) is 11.1 Å². The minimum atomic E-state index is -3.96. The molecule has 1 aliphatic rings. The Morgan fingerprint density at radius 1 is 1.19 bits per heavy atom. The summed E-state index contributed by atoms with van der Waals surface area (Å²) in [5, 5.41) is 5.00. The van der Waals surface area contributed by atoms with Gasteiger partial charge in [0, 0.05) is 24.2 Å². The standard InChI is InChI=1S/C18H20FN3O3S/c19-17-9-15(26(21,24)25)5-6-16(17)13-1-3-14(4-2-13)18(23)22-8-7-12(10-20)11-22/h1-6,9,12H,7-8,10-11,20H2,(H2,21,24,25)/t12-/m0/s1. The van der Waals surface area contributed by atoms with Gasteiger partial charge < -0.3 is 10.6 Å². The van der Waals surface area contributed by atoms with E-state index in [-0.39, 0.29) is 16.4 Å². The van der Waals surface area contributed by atoms with Crippen molar-refractivity contribution in [3.8, 4) is 11.1 Å². The molecule has 4 N–H and O–H groups in total. The Kier molecular flexibility index (Phi) is 5.08. The molecule has 0 saturated carbocycles. The van der Waals surface area contributed by atoms with Crippen LogP contribution in [0.3, 0.4) is 0 Å². The third-order valence-corrected chi connectivity index (χ3v) is 5.53. The summed E-state index contributed by atoms with van der Waals surface area (Å²) < 4.78 is 36.8. The maximum atomic E-state index is 14.2. The van der Waals surface area contributed by atoms with Gasteiger partial charge in [0.05, 0.1) is 4.90 Å². The van der Waals surface area contributed by atoms with Gasteiger partial charge in [0.1, 0.15) is 5.82 Å². The van der Waals surface area contributed by atoms with Gasteiger partial charge in [0.15, 0.2) is 0 Å². The number of carbonyl (C=O) groups is 1. The van der Waals surface area contributed by atoms with Crippen LogP contribution < -0.4 is 10.9 Å². The average molecular weight is 377 g/mol. The van der Waals surface area contributed by atoms with Crippen molar-refractivity contribution in [2.24, 2.45) is 16.8 Å². The molecule has 1 saturated heterocycles. The van der Waals surface area contributed by atoms with E-state index in [0.29, 0.717) is 36.7 Å². The Balaban J connectivity index is 1.81. The van der Waals surface area contributed by atoms with Gasteiger partial charge in [-0.3, -0.25) is 4.79 Å². The maximum Gasteiger partial charge on any atom is 0.253 e. The largest absolute Gasteiger partial charge is 0.338 e. The van der Waals surface area contributed by atoms with Crippen LogP contribution in [0.5, 0.6) is 0 Å². The van der Waals surface area contributed by atoms with Gasteiger partial charge in [-0.1, -0.05) is 18.2 Å². The molecule has 6 nitrogen and oxygen atoms in total. The lowest BCUT2D eigenvalue weighted by Crippen LogP contribution is -2.29. The third-order valence-electron chi connectivity index (χ3n) is 4.62. The first-order valence-corrected chi connectivity index (χ1v) is 9.76. The van der Waals surface area contributed by atoms with Crippen LogP contribution in [0, 0.1) is 11.7 Å². The van der Waals surface area contributed by atoms with Crippen molar-refractivity contribution in [1.29, 1.82) is 0 Å². The normalized spacial score (nSPS) is 17.5. The first-order chi connectivity index (χ1) is 12.3. The highest BCUT2D eigenvalue weighted by atomic mass is 32.2. The first-order valence-electron chi connectivity index (χ1n) is 8.21. The van der Waals surface area contributed by atoms with Gasteiger partial charge in [-0.25, -0.2) is 17.9 Å². The van der Waals surface area contributed by atoms with Crippen LogP contribution in [-0.4, -0.2) is 38.9 Å². The number of amides is 1. The van der Waals surface area contributed by atoms with Crippen LogP contribution >= 0.6 is 0 Å². The van der Waals surface area contributed by atoms with Gasteiger partial charge in [-0.05, 0) is 48.7 Å². The number of sulfonamides is 1. The van der Waals surface area contributed by atoms with E-state index in [2.05, 4.69) is 0 Å². The topological polar surface area (TPSA) is 106 Å². The van der Waals surface area contributed by atoms with E-state index in [0.717, 1.165) is 12.5 Å². The molecule has 0 aromatic heterocycles. The van der Waals surface area contributed by atoms with Crippen molar-refractivity contribution in [1.82, 2.24) is 4.90 Å². The smallest absolute Gasteiger partial charge is 0.253 e. The van der Waals surface area contributed by atoms with E-state index >= 15 is 0 Å². The monoisotopic (exact) mass is 377 g/mol. The molecular weight excluding hydrogens is 357 g/mol. The zero-order valence-corrected chi connectivity index (χ0v) is 14.9. The van der Waals surface area contributed by atoms with E-state index in [1.54, 1.807) is 29.2 Å². The number of rotatable bonds is 4. The van der Waals surface area contributed by atoms with Gasteiger partial charge >= 0.3 is 0 Å². The highest BCUT2D eigenvalue weighted by molar-refractivity contribution is 7.89. The zero-order chi connectivity index (χ0) is 18.9. The van der Waals surface area contributed by atoms with E-state index in [4.69, 9.17) is 10.9 Å². The number of hydrogen-bond donors (Lipinski definition) is 2. The van der Waals surface area contributed by atoms with Crippen LogP contribution in [0.1, 0.15) is 16.8 Å². The Morgan fingerprint density at radius 3 is 2.42 bits per heavy atom. The average Bonchev–Trinajstić information content (AvgIpc) is 3.09. The maximum absolute atomic E-state index is 14.2. The molecular formula is C18H20FN3O3S. The van der Waals surface area contributed by atoms with Crippen LogP contribution in [-0.2, 0) is 10.0 Å². The molecule has 1 aliphatic heterocycles. The van der Waals surface area contributed by atoms with Crippen LogP contribution in [0.4, 0.5) is 4.39 Å². The number of likely N-dealkylation sites (tertiary alicyclic amines) is 1. The minimum Gasteiger partial charge on any atom is -0.338 e. The van der Waals surface area contributed by atoms with E-state index in [9.17, 15) is 17.6 Å². The number of nitrogens with zero attached hydrogens (tertiary/aromatic N) is 1. The van der Waals surface area contributed by atoms with Gasteiger partial charge in [-0.2, -0.15) is 0 Å². The SMILES string of the molecule is NC[C@@H]1CCN(C(=O)c2ccc(-c3ccc(S(N)(=O)=O)cc3F)cc2)C1. The van der Waals surface area contributed by atoms with E-state index < -0.39 is 15.8 Å². The molecule has 26 heavy (non-hydrogen) atoms. The molecule has 0 radical (unpaired) electrons. The second-order valence-corrected chi connectivity index (χ2v) is 7.97. The lowest BCUT2D eigenvalue weighted by Gasteiger charge is -2.16. The van der Waals surface area contributed by atoms with Crippen LogP contribution in [0.2, 0.25) is 0 Å². The molecule has 1 fully saturated rings. The number of hydrogen-bond acceptors (Lipinski definition) is 4. The quantitative estimate of drug-likeness (QED) is 0.843. The summed E-state index contributed by atoms with van der Waals surface area (Å²) in [6.07, 6.45) is 0.905. The summed E-state index contributed by atoms with van der Waals surface area (Å²) in [7, 11) is -3.96. The number of halogens is 1. The first kappa shape index (κ1) is 18.5. The van der Waals surface area contributed by atoms with Crippen molar-refractivity contribution >= 4 is 15.9 Å². The lowest BCUT2D eigenvalue weighted by atomic mass is 10.0. The number of nitrogens with two attached hydrogens (primary N) is 2. The lowest BCUT2D eigenvalue weighted by molar-refractivity contribution is 0.0787. The van der Waals surface area contributed by atoms with Gasteiger partial charge in [0.25, 0.3) is 5.91 Å². The molecule has 0 aliphatic carbocycles. The van der Waals surface area contributed by atoms with Crippen molar-refractivity contribution in [3.63, 3.8) is 0 Å². The Bertz CT molecular complexity index is 929. The highest BCUT2D eigenvalue weighted by Crippen LogP contribution is 2.26. The molecule has 8 heteroatoms.